The summed E-state index contributed by atoms with van der Waals surface area (Å²) in [6, 6.07) is 3.96. The zero-order valence-corrected chi connectivity index (χ0v) is 10.1. The van der Waals surface area contributed by atoms with Crippen LogP contribution in [0.4, 0.5) is 10.1 Å². The van der Waals surface area contributed by atoms with Gasteiger partial charge >= 0.3 is 0 Å². The van der Waals surface area contributed by atoms with Gasteiger partial charge in [-0.1, -0.05) is 11.6 Å². The number of amides is 1. The van der Waals surface area contributed by atoms with Gasteiger partial charge in [-0.2, -0.15) is 0 Å². The van der Waals surface area contributed by atoms with Crippen LogP contribution in [0.25, 0.3) is 0 Å². The first-order valence-electron chi connectivity index (χ1n) is 5.60. The van der Waals surface area contributed by atoms with E-state index in [1.54, 1.807) is 0 Å². The van der Waals surface area contributed by atoms with Crippen molar-refractivity contribution in [2.24, 2.45) is 5.92 Å². The number of anilines is 1. The molecule has 5 heteroatoms. The minimum atomic E-state index is -0.460. The highest BCUT2D eigenvalue weighted by molar-refractivity contribution is 6.30. The summed E-state index contributed by atoms with van der Waals surface area (Å²) in [6.45, 7) is 1.11. The molecule has 17 heavy (non-hydrogen) atoms. The molecule has 0 aliphatic heterocycles. The van der Waals surface area contributed by atoms with E-state index in [4.69, 9.17) is 11.6 Å². The number of halogens is 2. The standard InChI is InChI=1S/C12H14ClFN2O/c13-9-3-10(14)5-11(4-9)16-12(17)7-15-6-8-1-2-8/h3-5,8,15H,1-2,6-7H2,(H,16,17). The number of carbonyl (C=O) groups is 1. The Kier molecular flexibility index (Phi) is 3.97. The fourth-order valence-electron chi connectivity index (χ4n) is 1.54. The Bertz CT molecular complexity index is 401. The molecule has 3 nitrogen and oxygen atoms in total. The molecule has 0 bridgehead atoms. The predicted molar refractivity (Wildman–Crippen MR) is 65.6 cm³/mol. The van der Waals surface area contributed by atoms with Crippen LogP contribution in [-0.2, 0) is 4.79 Å². The molecule has 0 heterocycles. The molecule has 2 rings (SSSR count). The zero-order chi connectivity index (χ0) is 12.3. The molecule has 1 aliphatic carbocycles. The smallest absolute Gasteiger partial charge is 0.238 e. The maximum atomic E-state index is 13.0. The van der Waals surface area contributed by atoms with Crippen LogP contribution in [0.1, 0.15) is 12.8 Å². The lowest BCUT2D eigenvalue weighted by molar-refractivity contribution is -0.115. The molecular weight excluding hydrogens is 243 g/mol. The minimum Gasteiger partial charge on any atom is -0.325 e. The molecule has 0 atom stereocenters. The highest BCUT2D eigenvalue weighted by Gasteiger charge is 2.20. The molecule has 0 unspecified atom stereocenters. The predicted octanol–water partition coefficient (Wildman–Crippen LogP) is 2.42. The van der Waals surface area contributed by atoms with Crippen molar-refractivity contribution in [2.75, 3.05) is 18.4 Å². The third-order valence-electron chi connectivity index (χ3n) is 2.56. The van der Waals surface area contributed by atoms with Gasteiger partial charge in [0.05, 0.1) is 6.54 Å². The average Bonchev–Trinajstić information content (AvgIpc) is 2.99. The summed E-state index contributed by atoms with van der Waals surface area (Å²) in [5.41, 5.74) is 0.383. The molecule has 0 radical (unpaired) electrons. The van der Waals surface area contributed by atoms with Crippen LogP contribution in [0.3, 0.4) is 0 Å². The maximum absolute atomic E-state index is 13.0. The molecule has 0 saturated heterocycles. The third kappa shape index (κ3) is 4.32. The second-order valence-electron chi connectivity index (χ2n) is 4.28. The number of carbonyl (C=O) groups excluding carboxylic acids is 1. The van der Waals surface area contributed by atoms with E-state index in [1.165, 1.54) is 31.0 Å². The molecule has 2 N–H and O–H groups in total. The number of nitrogens with one attached hydrogen (secondary N) is 2. The first-order valence-corrected chi connectivity index (χ1v) is 5.98. The normalized spacial score (nSPS) is 14.7. The second-order valence-corrected chi connectivity index (χ2v) is 4.72. The monoisotopic (exact) mass is 256 g/mol. The van der Waals surface area contributed by atoms with E-state index in [-0.39, 0.29) is 17.5 Å². The van der Waals surface area contributed by atoms with E-state index in [2.05, 4.69) is 10.6 Å². The number of benzene rings is 1. The Labute approximate surface area is 104 Å². The summed E-state index contributed by atoms with van der Waals surface area (Å²) in [6.07, 6.45) is 2.49. The third-order valence-corrected chi connectivity index (χ3v) is 2.78. The molecule has 0 aromatic heterocycles. The van der Waals surface area contributed by atoms with Crippen molar-refractivity contribution in [1.82, 2.24) is 5.32 Å². The van der Waals surface area contributed by atoms with Crippen LogP contribution in [0.5, 0.6) is 0 Å². The van der Waals surface area contributed by atoms with Gasteiger partial charge in [-0.3, -0.25) is 4.79 Å². The van der Waals surface area contributed by atoms with Gasteiger partial charge in [0, 0.05) is 10.7 Å². The van der Waals surface area contributed by atoms with Gasteiger partial charge in [0.2, 0.25) is 5.91 Å². The molecule has 1 fully saturated rings. The van der Waals surface area contributed by atoms with Gasteiger partial charge in [-0.15, -0.1) is 0 Å². The highest BCUT2D eigenvalue weighted by Crippen LogP contribution is 2.27. The molecule has 0 spiro atoms. The Morgan fingerprint density at radius 2 is 2.18 bits per heavy atom. The largest absolute Gasteiger partial charge is 0.325 e. The van der Waals surface area contributed by atoms with Crippen LogP contribution in [0.15, 0.2) is 18.2 Å². The van der Waals surface area contributed by atoms with E-state index in [0.29, 0.717) is 5.69 Å². The topological polar surface area (TPSA) is 41.1 Å². The van der Waals surface area contributed by atoms with Crippen molar-refractivity contribution in [3.05, 3.63) is 29.0 Å². The molecule has 1 aliphatic rings. The van der Waals surface area contributed by atoms with Crippen LogP contribution in [-0.4, -0.2) is 19.0 Å². The summed E-state index contributed by atoms with van der Waals surface area (Å²) >= 11 is 5.68. The minimum absolute atomic E-state index is 0.188. The SMILES string of the molecule is O=C(CNCC1CC1)Nc1cc(F)cc(Cl)c1. The van der Waals surface area contributed by atoms with Crippen molar-refractivity contribution in [2.45, 2.75) is 12.8 Å². The zero-order valence-electron chi connectivity index (χ0n) is 9.30. The van der Waals surface area contributed by atoms with Gasteiger partial charge in [0.25, 0.3) is 0 Å². The van der Waals surface area contributed by atoms with Crippen molar-refractivity contribution in [3.63, 3.8) is 0 Å². The van der Waals surface area contributed by atoms with Crippen molar-refractivity contribution in [1.29, 1.82) is 0 Å². The summed E-state index contributed by atoms with van der Waals surface area (Å²) < 4.78 is 13.0. The maximum Gasteiger partial charge on any atom is 0.238 e. The van der Waals surface area contributed by atoms with Gasteiger partial charge in [0.1, 0.15) is 5.82 Å². The van der Waals surface area contributed by atoms with Crippen LogP contribution in [0.2, 0.25) is 5.02 Å². The summed E-state index contributed by atoms with van der Waals surface area (Å²) in [7, 11) is 0. The lowest BCUT2D eigenvalue weighted by Crippen LogP contribution is -2.29. The molecule has 1 amide bonds. The van der Waals surface area contributed by atoms with E-state index in [1.807, 2.05) is 0 Å². The van der Waals surface area contributed by atoms with Gasteiger partial charge in [0.15, 0.2) is 0 Å². The fraction of sp³-hybridized carbons (Fsp3) is 0.417. The Morgan fingerprint density at radius 1 is 1.41 bits per heavy atom. The fourth-order valence-corrected chi connectivity index (χ4v) is 1.76. The summed E-state index contributed by atoms with van der Waals surface area (Å²) in [4.78, 5) is 11.5. The van der Waals surface area contributed by atoms with Crippen LogP contribution in [0, 0.1) is 11.7 Å². The number of rotatable bonds is 5. The molecule has 1 aromatic carbocycles. The van der Waals surface area contributed by atoms with E-state index in [0.717, 1.165) is 12.5 Å². The lowest BCUT2D eigenvalue weighted by atomic mass is 10.3. The average molecular weight is 257 g/mol. The lowest BCUT2D eigenvalue weighted by Gasteiger charge is -2.06. The Hall–Kier alpha value is -1.13. The molecule has 1 saturated carbocycles. The van der Waals surface area contributed by atoms with Gasteiger partial charge in [-0.05, 0) is 43.5 Å². The first-order chi connectivity index (χ1) is 8.13. The van der Waals surface area contributed by atoms with E-state index >= 15 is 0 Å². The van der Waals surface area contributed by atoms with Crippen LogP contribution < -0.4 is 10.6 Å². The van der Waals surface area contributed by atoms with E-state index in [9.17, 15) is 9.18 Å². The van der Waals surface area contributed by atoms with Gasteiger partial charge < -0.3 is 10.6 Å². The van der Waals surface area contributed by atoms with Crippen molar-refractivity contribution in [3.8, 4) is 0 Å². The second kappa shape index (κ2) is 5.47. The quantitative estimate of drug-likeness (QED) is 0.850. The van der Waals surface area contributed by atoms with E-state index < -0.39 is 5.82 Å². The molecule has 92 valence electrons. The highest BCUT2D eigenvalue weighted by atomic mass is 35.5. The summed E-state index contributed by atoms with van der Waals surface area (Å²) in [5.74, 6) is 0.0810. The van der Waals surface area contributed by atoms with Gasteiger partial charge in [-0.25, -0.2) is 4.39 Å². The Morgan fingerprint density at radius 3 is 2.82 bits per heavy atom. The molecule has 1 aromatic rings. The summed E-state index contributed by atoms with van der Waals surface area (Å²) in [5, 5.41) is 5.92. The number of hydrogen-bond donors (Lipinski definition) is 2. The Balaban J connectivity index is 1.79. The molecular formula is C12H14ClFN2O. The van der Waals surface area contributed by atoms with Crippen molar-refractivity contribution >= 4 is 23.2 Å². The first kappa shape index (κ1) is 12.3. The van der Waals surface area contributed by atoms with Crippen LogP contribution >= 0.6 is 11.6 Å². The van der Waals surface area contributed by atoms with Crippen molar-refractivity contribution < 1.29 is 9.18 Å². The number of hydrogen-bond acceptors (Lipinski definition) is 2.